The zero-order valence-electron chi connectivity index (χ0n) is 14.6. The standard InChI is InChI=1S/C17H36N2O2/c1-13(2)16(11-19(4)5)18-10-15(20)12-21-17-9-7-6-8-14(17)3/h13-18,20H,6-12H2,1-5H3. The topological polar surface area (TPSA) is 44.7 Å². The maximum Gasteiger partial charge on any atom is 0.0897 e. The highest BCUT2D eigenvalue weighted by Gasteiger charge is 2.23. The van der Waals surface area contributed by atoms with Gasteiger partial charge in [-0.2, -0.15) is 0 Å². The Morgan fingerprint density at radius 2 is 1.90 bits per heavy atom. The van der Waals surface area contributed by atoms with Crippen LogP contribution in [-0.2, 0) is 4.74 Å². The van der Waals surface area contributed by atoms with Crippen LogP contribution >= 0.6 is 0 Å². The van der Waals surface area contributed by atoms with Crippen LogP contribution in [0, 0.1) is 11.8 Å². The smallest absolute Gasteiger partial charge is 0.0897 e. The summed E-state index contributed by atoms with van der Waals surface area (Å²) in [4.78, 5) is 2.18. The van der Waals surface area contributed by atoms with Crippen LogP contribution in [0.5, 0.6) is 0 Å². The molecule has 1 rings (SSSR count). The van der Waals surface area contributed by atoms with E-state index in [4.69, 9.17) is 4.74 Å². The van der Waals surface area contributed by atoms with Gasteiger partial charge in [0.2, 0.25) is 0 Å². The Kier molecular flexibility index (Phi) is 8.79. The molecule has 0 spiro atoms. The van der Waals surface area contributed by atoms with Crippen LogP contribution in [0.1, 0.15) is 46.5 Å². The third kappa shape index (κ3) is 7.59. The van der Waals surface area contributed by atoms with Gasteiger partial charge >= 0.3 is 0 Å². The lowest BCUT2D eigenvalue weighted by Gasteiger charge is -2.30. The van der Waals surface area contributed by atoms with Gasteiger partial charge in [0.25, 0.3) is 0 Å². The molecule has 0 radical (unpaired) electrons. The molecular weight excluding hydrogens is 264 g/mol. The summed E-state index contributed by atoms with van der Waals surface area (Å²) in [5, 5.41) is 13.6. The van der Waals surface area contributed by atoms with E-state index < -0.39 is 6.10 Å². The average Bonchev–Trinajstić information content (AvgIpc) is 2.41. The van der Waals surface area contributed by atoms with Crippen molar-refractivity contribution >= 4 is 0 Å². The van der Waals surface area contributed by atoms with E-state index >= 15 is 0 Å². The Balaban J connectivity index is 2.24. The minimum absolute atomic E-state index is 0.344. The molecule has 1 fully saturated rings. The van der Waals surface area contributed by atoms with E-state index in [1.54, 1.807) is 0 Å². The Labute approximate surface area is 131 Å². The van der Waals surface area contributed by atoms with Crippen LogP contribution in [0.15, 0.2) is 0 Å². The number of nitrogens with zero attached hydrogens (tertiary/aromatic N) is 1. The van der Waals surface area contributed by atoms with E-state index in [1.165, 1.54) is 19.3 Å². The molecule has 1 aliphatic rings. The maximum absolute atomic E-state index is 10.1. The second-order valence-corrected chi connectivity index (χ2v) is 7.31. The summed E-state index contributed by atoms with van der Waals surface area (Å²) in [7, 11) is 4.17. The first-order chi connectivity index (χ1) is 9.90. The molecule has 0 amide bonds. The lowest BCUT2D eigenvalue weighted by Crippen LogP contribution is -2.46. The summed E-state index contributed by atoms with van der Waals surface area (Å²) >= 11 is 0. The molecular formula is C17H36N2O2. The van der Waals surface area contributed by atoms with Crippen molar-refractivity contribution in [2.24, 2.45) is 11.8 Å². The van der Waals surface area contributed by atoms with Crippen LogP contribution in [0.2, 0.25) is 0 Å². The van der Waals surface area contributed by atoms with Gasteiger partial charge in [0.1, 0.15) is 0 Å². The molecule has 4 nitrogen and oxygen atoms in total. The van der Waals surface area contributed by atoms with E-state index in [2.05, 4.69) is 45.1 Å². The minimum Gasteiger partial charge on any atom is -0.389 e. The van der Waals surface area contributed by atoms with Gasteiger partial charge in [-0.25, -0.2) is 0 Å². The van der Waals surface area contributed by atoms with Crippen LogP contribution < -0.4 is 5.32 Å². The Morgan fingerprint density at radius 1 is 1.24 bits per heavy atom. The average molecular weight is 300 g/mol. The van der Waals surface area contributed by atoms with Gasteiger partial charge in [-0.3, -0.25) is 0 Å². The SMILES string of the molecule is CC(C)C(CN(C)C)NCC(O)COC1CCCCC1C. The van der Waals surface area contributed by atoms with Crippen molar-refractivity contribution in [1.29, 1.82) is 0 Å². The number of aliphatic hydroxyl groups is 1. The van der Waals surface area contributed by atoms with Gasteiger partial charge in [0.05, 0.1) is 18.8 Å². The molecule has 4 unspecified atom stereocenters. The van der Waals surface area contributed by atoms with E-state index in [-0.39, 0.29) is 0 Å². The molecule has 0 heterocycles. The Hall–Kier alpha value is -0.160. The maximum atomic E-state index is 10.1. The quantitative estimate of drug-likeness (QED) is 0.684. The summed E-state index contributed by atoms with van der Waals surface area (Å²) in [5.74, 6) is 1.19. The first-order valence-corrected chi connectivity index (χ1v) is 8.58. The van der Waals surface area contributed by atoms with Gasteiger partial charge in [-0.15, -0.1) is 0 Å². The van der Waals surface area contributed by atoms with Crippen LogP contribution in [0.25, 0.3) is 0 Å². The second kappa shape index (κ2) is 9.78. The van der Waals surface area contributed by atoms with Crippen molar-refractivity contribution < 1.29 is 9.84 Å². The van der Waals surface area contributed by atoms with Crippen molar-refractivity contribution in [3.8, 4) is 0 Å². The molecule has 0 aromatic heterocycles. The molecule has 21 heavy (non-hydrogen) atoms. The Bertz CT molecular complexity index is 272. The number of nitrogens with one attached hydrogen (secondary N) is 1. The highest BCUT2D eigenvalue weighted by Crippen LogP contribution is 2.26. The summed E-state index contributed by atoms with van der Waals surface area (Å²) in [6.45, 7) is 8.75. The van der Waals surface area contributed by atoms with E-state index in [0.29, 0.717) is 37.1 Å². The zero-order chi connectivity index (χ0) is 15.8. The third-order valence-corrected chi connectivity index (χ3v) is 4.52. The highest BCUT2D eigenvalue weighted by atomic mass is 16.5. The van der Waals surface area contributed by atoms with Gasteiger partial charge in [0, 0.05) is 19.1 Å². The molecule has 1 saturated carbocycles. The first kappa shape index (κ1) is 18.9. The van der Waals surface area contributed by atoms with Crippen LogP contribution in [-0.4, -0.2) is 62.0 Å². The molecule has 126 valence electrons. The summed E-state index contributed by atoms with van der Waals surface area (Å²) in [6, 6.07) is 0.406. The molecule has 1 aliphatic carbocycles. The number of rotatable bonds is 9. The Morgan fingerprint density at radius 3 is 2.48 bits per heavy atom. The van der Waals surface area contributed by atoms with Crippen LogP contribution in [0.3, 0.4) is 0 Å². The number of likely N-dealkylation sites (N-methyl/N-ethyl adjacent to an activating group) is 1. The predicted octanol–water partition coefficient (Wildman–Crippen LogP) is 2.12. The monoisotopic (exact) mass is 300 g/mol. The van der Waals surface area contributed by atoms with Crippen molar-refractivity contribution in [2.75, 3.05) is 33.8 Å². The first-order valence-electron chi connectivity index (χ1n) is 8.58. The molecule has 2 N–H and O–H groups in total. The lowest BCUT2D eigenvalue weighted by atomic mass is 9.88. The van der Waals surface area contributed by atoms with Gasteiger partial charge in [-0.05, 0) is 38.8 Å². The minimum atomic E-state index is -0.414. The van der Waals surface area contributed by atoms with Gasteiger partial charge in [0.15, 0.2) is 0 Å². The van der Waals surface area contributed by atoms with Crippen molar-refractivity contribution in [2.45, 2.75) is 64.7 Å². The molecule has 0 aromatic carbocycles. The van der Waals surface area contributed by atoms with Crippen molar-refractivity contribution in [3.63, 3.8) is 0 Å². The third-order valence-electron chi connectivity index (χ3n) is 4.52. The molecule has 0 aromatic rings. The molecule has 4 heteroatoms. The molecule has 0 saturated heterocycles. The van der Waals surface area contributed by atoms with E-state index in [9.17, 15) is 5.11 Å². The normalized spacial score (nSPS) is 26.3. The fourth-order valence-corrected chi connectivity index (χ4v) is 3.02. The molecule has 0 bridgehead atoms. The number of ether oxygens (including phenoxy) is 1. The van der Waals surface area contributed by atoms with E-state index in [1.807, 2.05) is 0 Å². The van der Waals surface area contributed by atoms with Crippen LogP contribution in [0.4, 0.5) is 0 Å². The summed E-state index contributed by atoms with van der Waals surface area (Å²) in [6.07, 6.45) is 4.93. The summed E-state index contributed by atoms with van der Waals surface area (Å²) in [5.41, 5.74) is 0. The summed E-state index contributed by atoms with van der Waals surface area (Å²) < 4.78 is 5.93. The lowest BCUT2D eigenvalue weighted by molar-refractivity contribution is -0.0459. The van der Waals surface area contributed by atoms with Crippen molar-refractivity contribution in [3.05, 3.63) is 0 Å². The van der Waals surface area contributed by atoms with Gasteiger partial charge < -0.3 is 20.1 Å². The molecule has 0 aliphatic heterocycles. The number of aliphatic hydroxyl groups excluding tert-OH is 1. The molecule has 4 atom stereocenters. The zero-order valence-corrected chi connectivity index (χ0v) is 14.6. The highest BCUT2D eigenvalue weighted by molar-refractivity contribution is 4.76. The number of hydrogen-bond acceptors (Lipinski definition) is 4. The number of hydrogen-bond donors (Lipinski definition) is 2. The second-order valence-electron chi connectivity index (χ2n) is 7.31. The predicted molar refractivity (Wildman–Crippen MR) is 88.6 cm³/mol. The van der Waals surface area contributed by atoms with Gasteiger partial charge in [-0.1, -0.05) is 33.6 Å². The largest absolute Gasteiger partial charge is 0.389 e. The van der Waals surface area contributed by atoms with E-state index in [0.717, 1.165) is 13.0 Å². The fraction of sp³-hybridized carbons (Fsp3) is 1.00. The fourth-order valence-electron chi connectivity index (χ4n) is 3.02. The van der Waals surface area contributed by atoms with Crippen molar-refractivity contribution in [1.82, 2.24) is 10.2 Å².